The van der Waals surface area contributed by atoms with E-state index in [0.29, 0.717) is 16.6 Å². The van der Waals surface area contributed by atoms with E-state index in [1.54, 1.807) is 19.1 Å². The number of rotatable bonds is 8. The summed E-state index contributed by atoms with van der Waals surface area (Å²) in [5.74, 6) is -2.05. The van der Waals surface area contributed by atoms with Gasteiger partial charge in [0.05, 0.1) is 29.7 Å². The average molecular weight is 500 g/mol. The van der Waals surface area contributed by atoms with Crippen molar-refractivity contribution in [2.45, 2.75) is 52.6 Å². The van der Waals surface area contributed by atoms with Crippen LogP contribution < -0.4 is 10.9 Å². The SMILES string of the molecule is Cc1cc2nc(C(=O)Nc3c(C)ccc(C(=O)O)c3C)c(=O)n(C[C@H](O)[C@H](O)[C@H](O)CO)c2cc1C. The van der Waals surface area contributed by atoms with Gasteiger partial charge in [-0.25, -0.2) is 9.78 Å². The lowest BCUT2D eigenvalue weighted by atomic mass is 10.0. The number of carbonyl (C=O) groups is 2. The molecule has 2 aromatic carbocycles. The molecule has 192 valence electrons. The van der Waals surface area contributed by atoms with Crippen molar-refractivity contribution in [1.82, 2.24) is 9.55 Å². The first-order valence-electron chi connectivity index (χ1n) is 11.2. The molecule has 0 saturated heterocycles. The largest absolute Gasteiger partial charge is 0.478 e. The number of carboxylic acids is 1. The third-order valence-electron chi connectivity index (χ3n) is 6.26. The van der Waals surface area contributed by atoms with Crippen LogP contribution in [0.3, 0.4) is 0 Å². The number of aromatic carboxylic acids is 1. The molecule has 0 unspecified atom stereocenters. The van der Waals surface area contributed by atoms with Gasteiger partial charge >= 0.3 is 5.97 Å². The van der Waals surface area contributed by atoms with Gasteiger partial charge in [0.2, 0.25) is 0 Å². The highest BCUT2D eigenvalue weighted by molar-refractivity contribution is 6.05. The molecule has 1 heterocycles. The van der Waals surface area contributed by atoms with Crippen LogP contribution in [0.5, 0.6) is 0 Å². The van der Waals surface area contributed by atoms with Gasteiger partial charge in [-0.3, -0.25) is 9.59 Å². The van der Waals surface area contributed by atoms with E-state index in [9.17, 15) is 34.8 Å². The molecule has 3 atom stereocenters. The highest BCUT2D eigenvalue weighted by atomic mass is 16.4. The van der Waals surface area contributed by atoms with E-state index in [1.807, 2.05) is 13.8 Å². The van der Waals surface area contributed by atoms with Crippen molar-refractivity contribution in [2.24, 2.45) is 0 Å². The molecule has 3 rings (SSSR count). The standard InChI is InChI=1S/C25H29N3O8/c1-11-5-6-15(25(35)36)14(4)20(11)27-23(33)21-24(34)28(9-18(30)22(32)19(31)10-29)17-8-13(3)12(2)7-16(17)26-21/h5-8,18-19,22,29-32H,9-10H2,1-4H3,(H,27,33)(H,35,36)/t18-,19+,22-/m0/s1. The molecule has 11 nitrogen and oxygen atoms in total. The zero-order chi connectivity index (χ0) is 26.9. The number of carboxylic acid groups (broad SMARTS) is 1. The Kier molecular flexibility index (Phi) is 7.89. The number of nitrogens with one attached hydrogen (secondary N) is 1. The van der Waals surface area contributed by atoms with Crippen molar-refractivity contribution >= 4 is 28.6 Å². The summed E-state index contributed by atoms with van der Waals surface area (Å²) in [7, 11) is 0. The van der Waals surface area contributed by atoms with Crippen LogP contribution in [-0.4, -0.2) is 71.9 Å². The van der Waals surface area contributed by atoms with E-state index < -0.39 is 54.6 Å². The Balaban J connectivity index is 2.14. The second kappa shape index (κ2) is 10.5. The summed E-state index contributed by atoms with van der Waals surface area (Å²) in [5, 5.41) is 51.3. The summed E-state index contributed by atoms with van der Waals surface area (Å²) in [5.41, 5.74) is 1.97. The van der Waals surface area contributed by atoms with Crippen molar-refractivity contribution in [3.8, 4) is 0 Å². The van der Waals surface area contributed by atoms with Crippen LogP contribution >= 0.6 is 0 Å². The van der Waals surface area contributed by atoms with Gasteiger partial charge in [0.15, 0.2) is 5.69 Å². The molecule has 0 fully saturated rings. The molecule has 0 aliphatic rings. The summed E-state index contributed by atoms with van der Waals surface area (Å²) < 4.78 is 1.08. The molecule has 0 aliphatic heterocycles. The average Bonchev–Trinajstić information content (AvgIpc) is 2.82. The van der Waals surface area contributed by atoms with E-state index >= 15 is 0 Å². The number of aryl methyl sites for hydroxylation is 3. The van der Waals surface area contributed by atoms with E-state index in [1.165, 1.54) is 19.1 Å². The number of hydrogen-bond acceptors (Lipinski definition) is 8. The van der Waals surface area contributed by atoms with Gasteiger partial charge in [0.25, 0.3) is 11.5 Å². The molecule has 0 spiro atoms. The smallest absolute Gasteiger partial charge is 0.336 e. The maximum Gasteiger partial charge on any atom is 0.336 e. The van der Waals surface area contributed by atoms with E-state index in [0.717, 1.165) is 15.7 Å². The van der Waals surface area contributed by atoms with Gasteiger partial charge in [0.1, 0.15) is 18.3 Å². The van der Waals surface area contributed by atoms with E-state index in [-0.39, 0.29) is 16.8 Å². The Morgan fingerprint density at radius 1 is 1.00 bits per heavy atom. The lowest BCUT2D eigenvalue weighted by molar-refractivity contribution is -0.0805. The second-order valence-corrected chi connectivity index (χ2v) is 8.80. The highest BCUT2D eigenvalue weighted by Crippen LogP contribution is 2.25. The summed E-state index contributed by atoms with van der Waals surface area (Å²) in [6.45, 7) is 5.55. The maximum absolute atomic E-state index is 13.4. The first-order valence-corrected chi connectivity index (χ1v) is 11.2. The molecule has 0 aliphatic carbocycles. The van der Waals surface area contributed by atoms with Gasteiger partial charge in [-0.15, -0.1) is 0 Å². The monoisotopic (exact) mass is 499 g/mol. The van der Waals surface area contributed by atoms with Crippen molar-refractivity contribution in [3.05, 3.63) is 68.1 Å². The van der Waals surface area contributed by atoms with Crippen LogP contribution in [0, 0.1) is 27.7 Å². The number of nitrogens with zero attached hydrogens (tertiary/aromatic N) is 2. The normalized spacial score (nSPS) is 13.9. The first-order chi connectivity index (χ1) is 16.9. The number of aromatic nitrogens is 2. The van der Waals surface area contributed by atoms with Crippen molar-refractivity contribution in [1.29, 1.82) is 0 Å². The lowest BCUT2D eigenvalue weighted by Crippen LogP contribution is -2.44. The minimum absolute atomic E-state index is 0.00886. The topological polar surface area (TPSA) is 182 Å². The molecule has 11 heteroatoms. The van der Waals surface area contributed by atoms with Gasteiger partial charge in [-0.1, -0.05) is 6.07 Å². The third kappa shape index (κ3) is 5.14. The molecule has 0 radical (unpaired) electrons. The number of aliphatic hydroxyl groups excluding tert-OH is 4. The number of anilines is 1. The summed E-state index contributed by atoms with van der Waals surface area (Å²) in [4.78, 5) is 42.4. The minimum Gasteiger partial charge on any atom is -0.478 e. The van der Waals surface area contributed by atoms with Crippen LogP contribution in [0.15, 0.2) is 29.1 Å². The molecule has 1 aromatic heterocycles. The summed E-state index contributed by atoms with van der Waals surface area (Å²) in [6, 6.07) is 6.29. The number of fused-ring (bicyclic) bond motifs is 1. The molecule has 3 aromatic rings. The quantitative estimate of drug-likeness (QED) is 0.259. The van der Waals surface area contributed by atoms with E-state index in [4.69, 9.17) is 5.11 Å². The molecule has 1 amide bonds. The molecule has 0 bridgehead atoms. The Bertz CT molecular complexity index is 1400. The third-order valence-corrected chi connectivity index (χ3v) is 6.26. The number of aliphatic hydroxyl groups is 4. The molecular formula is C25H29N3O8. The summed E-state index contributed by atoms with van der Waals surface area (Å²) >= 11 is 0. The van der Waals surface area contributed by atoms with Crippen LogP contribution in [0.1, 0.15) is 43.1 Å². The fraction of sp³-hybridized carbons (Fsp3) is 0.360. The Morgan fingerprint density at radius 2 is 1.64 bits per heavy atom. The Labute approximate surface area is 206 Å². The van der Waals surface area contributed by atoms with Crippen molar-refractivity contribution in [3.63, 3.8) is 0 Å². The van der Waals surface area contributed by atoms with Gasteiger partial charge in [-0.2, -0.15) is 0 Å². The number of hydrogen-bond donors (Lipinski definition) is 6. The number of carbonyl (C=O) groups excluding carboxylic acids is 1. The Hall–Kier alpha value is -3.64. The maximum atomic E-state index is 13.4. The van der Waals surface area contributed by atoms with Crippen LogP contribution in [0.4, 0.5) is 5.69 Å². The second-order valence-electron chi connectivity index (χ2n) is 8.80. The molecular weight excluding hydrogens is 470 g/mol. The minimum atomic E-state index is -1.75. The van der Waals surface area contributed by atoms with Gasteiger partial charge in [-0.05, 0) is 68.1 Å². The predicted molar refractivity (Wildman–Crippen MR) is 131 cm³/mol. The highest BCUT2D eigenvalue weighted by Gasteiger charge is 2.27. The van der Waals surface area contributed by atoms with Gasteiger partial charge < -0.3 is 35.4 Å². The number of benzene rings is 2. The van der Waals surface area contributed by atoms with E-state index in [2.05, 4.69) is 10.3 Å². The zero-order valence-corrected chi connectivity index (χ0v) is 20.3. The first kappa shape index (κ1) is 27.0. The fourth-order valence-corrected chi connectivity index (χ4v) is 3.93. The van der Waals surface area contributed by atoms with Crippen LogP contribution in [0.2, 0.25) is 0 Å². The van der Waals surface area contributed by atoms with Gasteiger partial charge in [0, 0.05) is 5.69 Å². The molecule has 36 heavy (non-hydrogen) atoms. The Morgan fingerprint density at radius 3 is 2.25 bits per heavy atom. The van der Waals surface area contributed by atoms with Crippen LogP contribution in [-0.2, 0) is 6.54 Å². The molecule has 6 N–H and O–H groups in total. The van der Waals surface area contributed by atoms with Crippen molar-refractivity contribution in [2.75, 3.05) is 11.9 Å². The number of amides is 1. The van der Waals surface area contributed by atoms with Crippen LogP contribution in [0.25, 0.3) is 11.0 Å². The lowest BCUT2D eigenvalue weighted by Gasteiger charge is -2.23. The summed E-state index contributed by atoms with van der Waals surface area (Å²) in [6.07, 6.45) is -5.04. The zero-order valence-electron chi connectivity index (χ0n) is 20.3. The van der Waals surface area contributed by atoms with Crippen molar-refractivity contribution < 1.29 is 35.1 Å². The predicted octanol–water partition coefficient (Wildman–Crippen LogP) is 0.656. The molecule has 0 saturated carbocycles. The fourth-order valence-electron chi connectivity index (χ4n) is 3.93.